The fraction of sp³-hybridized carbons (Fsp3) is 0.304. The first-order valence-electron chi connectivity index (χ1n) is 9.77. The molecule has 160 valence electrons. The van der Waals surface area contributed by atoms with Gasteiger partial charge in [0, 0.05) is 25.1 Å². The molecule has 0 aliphatic rings. The summed E-state index contributed by atoms with van der Waals surface area (Å²) in [6.45, 7) is 5.77. The predicted molar refractivity (Wildman–Crippen MR) is 120 cm³/mol. The minimum absolute atomic E-state index is 0.140. The van der Waals surface area contributed by atoms with Crippen LogP contribution in [0.2, 0.25) is 0 Å². The first-order chi connectivity index (χ1) is 14.8. The third kappa shape index (κ3) is 4.89. The Bertz CT molecular complexity index is 1130. The van der Waals surface area contributed by atoms with Crippen molar-refractivity contribution in [1.29, 1.82) is 5.26 Å². The van der Waals surface area contributed by atoms with Crippen LogP contribution in [-0.2, 0) is 11.8 Å². The lowest BCUT2D eigenvalue weighted by Gasteiger charge is -2.19. The van der Waals surface area contributed by atoms with Crippen LogP contribution in [0.3, 0.4) is 0 Å². The Morgan fingerprint density at radius 1 is 1.26 bits per heavy atom. The highest BCUT2D eigenvalue weighted by atomic mass is 32.2. The maximum atomic E-state index is 12.9. The molecule has 1 unspecified atom stereocenters. The van der Waals surface area contributed by atoms with E-state index in [1.165, 1.54) is 11.8 Å². The number of carbonyl (C=O) groups is 1. The van der Waals surface area contributed by atoms with Crippen LogP contribution in [0.1, 0.15) is 39.8 Å². The van der Waals surface area contributed by atoms with E-state index in [4.69, 9.17) is 4.74 Å². The third-order valence-electron chi connectivity index (χ3n) is 5.29. The van der Waals surface area contributed by atoms with Crippen molar-refractivity contribution in [3.8, 4) is 11.8 Å². The molecule has 1 aromatic carbocycles. The maximum absolute atomic E-state index is 12.9. The summed E-state index contributed by atoms with van der Waals surface area (Å²) in [6.07, 6.45) is 3.54. The van der Waals surface area contributed by atoms with Gasteiger partial charge in [-0.2, -0.15) is 5.26 Å². The van der Waals surface area contributed by atoms with E-state index in [1.807, 2.05) is 62.8 Å². The van der Waals surface area contributed by atoms with Crippen LogP contribution in [-0.4, -0.2) is 33.3 Å². The van der Waals surface area contributed by atoms with Gasteiger partial charge in [-0.1, -0.05) is 23.9 Å². The molecule has 1 atom stereocenters. The number of nitrogens with zero attached hydrogens (tertiary/aromatic N) is 4. The van der Waals surface area contributed by atoms with Crippen molar-refractivity contribution in [3.63, 3.8) is 0 Å². The maximum Gasteiger partial charge on any atom is 0.231 e. The Morgan fingerprint density at radius 3 is 2.55 bits per heavy atom. The second-order valence-corrected chi connectivity index (χ2v) is 8.16. The lowest BCUT2D eigenvalue weighted by atomic mass is 10.1. The number of ether oxygens (including phenoxy) is 1. The van der Waals surface area contributed by atoms with E-state index in [9.17, 15) is 10.1 Å². The number of pyridine rings is 1. The zero-order chi connectivity index (χ0) is 22.5. The first kappa shape index (κ1) is 22.4. The number of nitrogens with one attached hydrogen (secondary N) is 1. The molecule has 0 saturated carbocycles. The van der Waals surface area contributed by atoms with E-state index < -0.39 is 6.04 Å². The highest BCUT2D eigenvalue weighted by Crippen LogP contribution is 2.27. The monoisotopic (exact) mass is 435 g/mol. The number of hydrogen-bond acceptors (Lipinski definition) is 6. The second kappa shape index (κ2) is 9.67. The summed E-state index contributed by atoms with van der Waals surface area (Å²) in [5, 5.41) is 13.2. The number of carbonyl (C=O) groups excluding carboxylic acids is 1. The normalized spacial score (nSPS) is 11.6. The number of benzene rings is 1. The van der Waals surface area contributed by atoms with Crippen LogP contribution < -0.4 is 10.1 Å². The quantitative estimate of drug-likeness (QED) is 0.570. The highest BCUT2D eigenvalue weighted by Gasteiger charge is 2.22. The van der Waals surface area contributed by atoms with Crippen molar-refractivity contribution in [2.45, 2.75) is 31.8 Å². The first-order valence-corrected chi connectivity index (χ1v) is 10.8. The number of imidazole rings is 1. The molecule has 2 aromatic heterocycles. The minimum atomic E-state index is -0.413. The second-order valence-electron chi connectivity index (χ2n) is 7.20. The third-order valence-corrected chi connectivity index (χ3v) is 6.26. The van der Waals surface area contributed by atoms with E-state index in [0.29, 0.717) is 10.6 Å². The Balaban J connectivity index is 1.80. The molecule has 8 heteroatoms. The molecule has 0 saturated heterocycles. The van der Waals surface area contributed by atoms with Crippen LogP contribution in [0, 0.1) is 32.1 Å². The van der Waals surface area contributed by atoms with E-state index in [-0.39, 0.29) is 11.7 Å². The average molecular weight is 436 g/mol. The Morgan fingerprint density at radius 2 is 1.97 bits per heavy atom. The molecule has 1 N–H and O–H groups in total. The van der Waals surface area contributed by atoms with Gasteiger partial charge in [0.15, 0.2) is 0 Å². The number of aromatic nitrogens is 3. The minimum Gasteiger partial charge on any atom is -0.497 e. The molecule has 0 aliphatic heterocycles. The van der Waals surface area contributed by atoms with E-state index in [0.717, 1.165) is 34.0 Å². The molecule has 0 spiro atoms. The van der Waals surface area contributed by atoms with E-state index in [1.54, 1.807) is 13.3 Å². The lowest BCUT2D eigenvalue weighted by molar-refractivity contribution is -0.119. The summed E-state index contributed by atoms with van der Waals surface area (Å²) in [5.74, 6) is 1.43. The van der Waals surface area contributed by atoms with Crippen molar-refractivity contribution in [1.82, 2.24) is 19.9 Å². The molecule has 0 bridgehead atoms. The number of amides is 1. The molecular weight excluding hydrogens is 410 g/mol. The number of nitriles is 1. The van der Waals surface area contributed by atoms with Gasteiger partial charge in [0.2, 0.25) is 5.91 Å². The molecule has 0 fully saturated rings. The van der Waals surface area contributed by atoms with Crippen molar-refractivity contribution < 1.29 is 9.53 Å². The van der Waals surface area contributed by atoms with Gasteiger partial charge in [0.25, 0.3) is 0 Å². The molecule has 0 radical (unpaired) electrons. The Kier molecular flexibility index (Phi) is 6.98. The van der Waals surface area contributed by atoms with Crippen molar-refractivity contribution in [2.75, 3.05) is 12.9 Å². The van der Waals surface area contributed by atoms with Crippen LogP contribution in [0.5, 0.6) is 5.75 Å². The number of methoxy groups -OCH3 is 1. The summed E-state index contributed by atoms with van der Waals surface area (Å²) >= 11 is 1.27. The van der Waals surface area contributed by atoms with Crippen LogP contribution in [0.25, 0.3) is 0 Å². The molecule has 0 aliphatic carbocycles. The van der Waals surface area contributed by atoms with E-state index >= 15 is 0 Å². The molecule has 7 nitrogen and oxygen atoms in total. The molecular formula is C23H25N5O2S. The van der Waals surface area contributed by atoms with Crippen LogP contribution in [0.4, 0.5) is 0 Å². The average Bonchev–Trinajstić information content (AvgIpc) is 3.20. The summed E-state index contributed by atoms with van der Waals surface area (Å²) in [4.78, 5) is 21.8. The SMILES string of the molecule is COc1ccc(C(NC(=O)CSc2nc(C)c(C)c(C)c2C#N)c2nccn2C)cc1. The highest BCUT2D eigenvalue weighted by molar-refractivity contribution is 8.00. The van der Waals surface area contributed by atoms with Crippen LogP contribution >= 0.6 is 11.8 Å². The topological polar surface area (TPSA) is 92.8 Å². The van der Waals surface area contributed by atoms with Crippen molar-refractivity contribution >= 4 is 17.7 Å². The number of hydrogen-bond donors (Lipinski definition) is 1. The summed E-state index contributed by atoms with van der Waals surface area (Å²) < 4.78 is 7.12. The Hall–Kier alpha value is -3.31. The van der Waals surface area contributed by atoms with Gasteiger partial charge in [-0.3, -0.25) is 4.79 Å². The largest absolute Gasteiger partial charge is 0.497 e. The molecule has 3 rings (SSSR count). The molecule has 3 aromatic rings. The Labute approximate surface area is 186 Å². The fourth-order valence-corrected chi connectivity index (χ4v) is 4.13. The lowest BCUT2D eigenvalue weighted by Crippen LogP contribution is -2.32. The summed E-state index contributed by atoms with van der Waals surface area (Å²) in [5.41, 5.74) is 4.19. The predicted octanol–water partition coefficient (Wildman–Crippen LogP) is 3.62. The number of rotatable bonds is 7. The van der Waals surface area contributed by atoms with Gasteiger partial charge in [0.05, 0.1) is 18.4 Å². The molecule has 1 amide bonds. The van der Waals surface area contributed by atoms with Crippen molar-refractivity contribution in [3.05, 3.63) is 70.4 Å². The van der Waals surface area contributed by atoms with Gasteiger partial charge in [-0.05, 0) is 49.6 Å². The smallest absolute Gasteiger partial charge is 0.231 e. The zero-order valence-corrected chi connectivity index (χ0v) is 19.1. The fourth-order valence-electron chi connectivity index (χ4n) is 3.23. The zero-order valence-electron chi connectivity index (χ0n) is 18.3. The standard InChI is InChI=1S/C23H25N5O2S/c1-14-15(2)19(12-24)23(26-16(14)3)31-13-20(29)27-21(22-25-10-11-28(22)4)17-6-8-18(30-5)9-7-17/h6-11,21H,13H2,1-5H3,(H,27,29). The van der Waals surface area contributed by atoms with Gasteiger partial charge < -0.3 is 14.6 Å². The van der Waals surface area contributed by atoms with Gasteiger partial charge in [0.1, 0.15) is 28.7 Å². The van der Waals surface area contributed by atoms with Crippen LogP contribution in [0.15, 0.2) is 41.7 Å². The van der Waals surface area contributed by atoms with E-state index in [2.05, 4.69) is 21.4 Å². The molecule has 2 heterocycles. The summed E-state index contributed by atoms with van der Waals surface area (Å²) in [6, 6.07) is 9.34. The number of thioether (sulfide) groups is 1. The van der Waals surface area contributed by atoms with Gasteiger partial charge >= 0.3 is 0 Å². The summed E-state index contributed by atoms with van der Waals surface area (Å²) in [7, 11) is 3.50. The van der Waals surface area contributed by atoms with Crippen molar-refractivity contribution in [2.24, 2.45) is 7.05 Å². The van der Waals surface area contributed by atoms with Gasteiger partial charge in [-0.25, -0.2) is 9.97 Å². The number of aryl methyl sites for hydroxylation is 2. The molecule has 31 heavy (non-hydrogen) atoms. The van der Waals surface area contributed by atoms with Gasteiger partial charge in [-0.15, -0.1) is 0 Å².